The number of fused-ring (bicyclic) bond motifs is 1. The molecular weight excluding hydrogens is 409 g/mol. The van der Waals surface area contributed by atoms with Crippen LogP contribution in [0.4, 0.5) is 10.5 Å². The molecule has 1 saturated heterocycles. The smallest absolute Gasteiger partial charge is 0.351 e. The van der Waals surface area contributed by atoms with E-state index in [2.05, 4.69) is 24.1 Å². The molecule has 0 aromatic heterocycles. The number of hydrogen-bond donors (Lipinski definition) is 0. The molecule has 0 bridgehead atoms. The summed E-state index contributed by atoms with van der Waals surface area (Å²) in [6.07, 6.45) is 1.77. The lowest BCUT2D eigenvalue weighted by Crippen LogP contribution is -2.34. The number of benzene rings is 2. The topological polar surface area (TPSA) is 36.0 Å². The number of likely N-dealkylation sites (N-methyl/N-ethyl adjacent to an activating group) is 1. The highest BCUT2D eigenvalue weighted by Gasteiger charge is 2.27. The number of amides is 1. The molecule has 29 heavy (non-hydrogen) atoms. The molecule has 2 aliphatic heterocycles. The molecular formula is C22H25Cl2N3O2. The second-order valence-electron chi connectivity index (χ2n) is 7.85. The highest BCUT2D eigenvalue weighted by atomic mass is 35.5. The summed E-state index contributed by atoms with van der Waals surface area (Å²) in [5.74, 6) is 0.177. The molecule has 0 saturated carbocycles. The van der Waals surface area contributed by atoms with Crippen LogP contribution in [0.1, 0.15) is 35.4 Å². The minimum absolute atomic E-state index is 0.177. The van der Waals surface area contributed by atoms with Gasteiger partial charge in [-0.05, 0) is 60.8 Å². The normalized spacial score (nSPS) is 19.8. The average Bonchev–Trinajstić information content (AvgIpc) is 3.20. The SMILES string of the molecule is CN1Cc2c(Cl)cc(Cl)cc2C(c2ccc(N(C)C(=O)ON3CCCC3)cc2)C1. The first-order chi connectivity index (χ1) is 13.9. The van der Waals surface area contributed by atoms with Gasteiger partial charge >= 0.3 is 6.09 Å². The minimum Gasteiger partial charge on any atom is -0.351 e. The van der Waals surface area contributed by atoms with E-state index in [0.717, 1.165) is 50.3 Å². The highest BCUT2D eigenvalue weighted by molar-refractivity contribution is 6.35. The fourth-order valence-corrected chi connectivity index (χ4v) is 4.69. The third kappa shape index (κ3) is 4.38. The predicted molar refractivity (Wildman–Crippen MR) is 117 cm³/mol. The second kappa shape index (κ2) is 8.52. The van der Waals surface area contributed by atoms with Gasteiger partial charge in [0, 0.05) is 54.9 Å². The zero-order valence-corrected chi connectivity index (χ0v) is 18.2. The van der Waals surface area contributed by atoms with Crippen LogP contribution in [0.3, 0.4) is 0 Å². The van der Waals surface area contributed by atoms with Crippen molar-refractivity contribution in [1.29, 1.82) is 0 Å². The molecule has 1 atom stereocenters. The Bertz CT molecular complexity index is 898. The fraction of sp³-hybridized carbons (Fsp3) is 0.409. The van der Waals surface area contributed by atoms with Gasteiger partial charge in [-0.25, -0.2) is 4.79 Å². The van der Waals surface area contributed by atoms with E-state index >= 15 is 0 Å². The molecule has 1 unspecified atom stereocenters. The van der Waals surface area contributed by atoms with Crippen molar-refractivity contribution >= 4 is 35.0 Å². The predicted octanol–water partition coefficient (Wildman–Crippen LogP) is 5.15. The Kier molecular flexibility index (Phi) is 6.02. The Morgan fingerprint density at radius 3 is 2.52 bits per heavy atom. The van der Waals surface area contributed by atoms with Crippen LogP contribution in [0.5, 0.6) is 0 Å². The fourth-order valence-electron chi connectivity index (χ4n) is 4.12. The van der Waals surface area contributed by atoms with Gasteiger partial charge in [0.15, 0.2) is 0 Å². The quantitative estimate of drug-likeness (QED) is 0.669. The van der Waals surface area contributed by atoms with Crippen molar-refractivity contribution in [2.75, 3.05) is 38.6 Å². The largest absolute Gasteiger partial charge is 0.433 e. The molecule has 0 spiro atoms. The Hall–Kier alpha value is -1.79. The van der Waals surface area contributed by atoms with E-state index in [1.807, 2.05) is 24.3 Å². The van der Waals surface area contributed by atoms with Gasteiger partial charge in [-0.2, -0.15) is 0 Å². The Balaban J connectivity index is 1.54. The number of hydrogen-bond acceptors (Lipinski definition) is 4. The van der Waals surface area contributed by atoms with Crippen LogP contribution < -0.4 is 4.90 Å². The van der Waals surface area contributed by atoms with E-state index in [1.165, 1.54) is 16.0 Å². The van der Waals surface area contributed by atoms with E-state index in [0.29, 0.717) is 10.0 Å². The molecule has 5 nitrogen and oxygen atoms in total. The van der Waals surface area contributed by atoms with Crippen LogP contribution in [0, 0.1) is 0 Å². The summed E-state index contributed by atoms with van der Waals surface area (Å²) in [6.45, 7) is 3.30. The number of rotatable bonds is 3. The summed E-state index contributed by atoms with van der Waals surface area (Å²) < 4.78 is 0. The maximum atomic E-state index is 12.4. The van der Waals surface area contributed by atoms with Crippen LogP contribution in [0.25, 0.3) is 0 Å². The zero-order chi connectivity index (χ0) is 20.5. The van der Waals surface area contributed by atoms with Crippen LogP contribution in [-0.2, 0) is 11.4 Å². The van der Waals surface area contributed by atoms with Crippen molar-refractivity contribution in [1.82, 2.24) is 9.96 Å². The van der Waals surface area contributed by atoms with Crippen molar-refractivity contribution in [3.8, 4) is 0 Å². The van der Waals surface area contributed by atoms with Crippen molar-refractivity contribution < 1.29 is 9.63 Å². The van der Waals surface area contributed by atoms with Gasteiger partial charge in [0.2, 0.25) is 0 Å². The molecule has 4 rings (SSSR count). The van der Waals surface area contributed by atoms with E-state index in [4.69, 9.17) is 28.0 Å². The van der Waals surface area contributed by atoms with Crippen molar-refractivity contribution in [2.45, 2.75) is 25.3 Å². The molecule has 7 heteroatoms. The lowest BCUT2D eigenvalue weighted by Gasteiger charge is -2.33. The molecule has 2 aliphatic rings. The molecule has 0 radical (unpaired) electrons. The molecule has 0 aliphatic carbocycles. The van der Waals surface area contributed by atoms with E-state index in [-0.39, 0.29) is 12.0 Å². The summed E-state index contributed by atoms with van der Waals surface area (Å²) >= 11 is 12.7. The summed E-state index contributed by atoms with van der Waals surface area (Å²) in [7, 11) is 3.83. The monoisotopic (exact) mass is 433 g/mol. The van der Waals surface area contributed by atoms with Crippen LogP contribution in [0.2, 0.25) is 10.0 Å². The highest BCUT2D eigenvalue weighted by Crippen LogP contribution is 2.38. The van der Waals surface area contributed by atoms with Gasteiger partial charge < -0.3 is 9.74 Å². The Labute approximate surface area is 181 Å². The molecule has 154 valence electrons. The standard InChI is InChI=1S/C22H25Cl2N3O2/c1-25-13-19(18-11-16(23)12-21(24)20(18)14-25)15-5-7-17(8-6-15)26(2)22(28)29-27-9-3-4-10-27/h5-8,11-12,19H,3-4,9-10,13-14H2,1-2H3. The van der Waals surface area contributed by atoms with Gasteiger partial charge in [-0.3, -0.25) is 4.90 Å². The second-order valence-corrected chi connectivity index (χ2v) is 8.69. The Morgan fingerprint density at radius 1 is 1.14 bits per heavy atom. The van der Waals surface area contributed by atoms with E-state index in [9.17, 15) is 4.79 Å². The van der Waals surface area contributed by atoms with E-state index in [1.54, 1.807) is 12.1 Å². The maximum Gasteiger partial charge on any atom is 0.433 e. The number of carbonyl (C=O) groups is 1. The van der Waals surface area contributed by atoms with Gasteiger partial charge in [0.1, 0.15) is 0 Å². The molecule has 1 fully saturated rings. The van der Waals surface area contributed by atoms with Gasteiger partial charge in [0.05, 0.1) is 0 Å². The molecule has 1 amide bonds. The lowest BCUT2D eigenvalue weighted by atomic mass is 9.84. The van der Waals surface area contributed by atoms with Gasteiger partial charge in [0.25, 0.3) is 0 Å². The van der Waals surface area contributed by atoms with Gasteiger partial charge in [-0.15, -0.1) is 5.06 Å². The number of anilines is 1. The lowest BCUT2D eigenvalue weighted by molar-refractivity contribution is -0.0766. The summed E-state index contributed by atoms with van der Waals surface area (Å²) in [5, 5.41) is 3.10. The summed E-state index contributed by atoms with van der Waals surface area (Å²) in [5.41, 5.74) is 4.27. The molecule has 2 aromatic carbocycles. The van der Waals surface area contributed by atoms with Crippen molar-refractivity contribution in [3.05, 3.63) is 63.1 Å². The van der Waals surface area contributed by atoms with Crippen LogP contribution in [-0.4, -0.2) is 49.8 Å². The van der Waals surface area contributed by atoms with Gasteiger partial charge in [-0.1, -0.05) is 35.3 Å². The molecule has 2 aromatic rings. The first kappa shape index (κ1) is 20.5. The molecule has 0 N–H and O–H groups in total. The third-order valence-electron chi connectivity index (χ3n) is 5.72. The maximum absolute atomic E-state index is 12.4. The Morgan fingerprint density at radius 2 is 1.83 bits per heavy atom. The minimum atomic E-state index is -0.360. The average molecular weight is 434 g/mol. The van der Waals surface area contributed by atoms with Crippen LogP contribution in [0.15, 0.2) is 36.4 Å². The number of hydroxylamine groups is 2. The van der Waals surface area contributed by atoms with Crippen LogP contribution >= 0.6 is 23.2 Å². The summed E-state index contributed by atoms with van der Waals surface area (Å²) in [4.78, 5) is 21.6. The number of nitrogens with zero attached hydrogens (tertiary/aromatic N) is 3. The first-order valence-electron chi connectivity index (χ1n) is 9.89. The molecule has 2 heterocycles. The van der Waals surface area contributed by atoms with E-state index < -0.39 is 0 Å². The summed E-state index contributed by atoms with van der Waals surface area (Å²) in [6, 6.07) is 11.9. The number of carbonyl (C=O) groups excluding carboxylic acids is 1. The van der Waals surface area contributed by atoms with Crippen molar-refractivity contribution in [2.24, 2.45) is 0 Å². The van der Waals surface area contributed by atoms with Crippen molar-refractivity contribution in [3.63, 3.8) is 0 Å². The zero-order valence-electron chi connectivity index (χ0n) is 16.7. The third-order valence-corrected chi connectivity index (χ3v) is 6.28. The first-order valence-corrected chi connectivity index (χ1v) is 10.6. The number of halogens is 2.